The average molecular weight is 350 g/mol. The molecule has 1 aromatic rings. The highest BCUT2D eigenvalue weighted by Crippen LogP contribution is 2.56. The Kier molecular flexibility index (Phi) is 5.18. The van der Waals surface area contributed by atoms with Gasteiger partial charge in [0.2, 0.25) is 0 Å². The summed E-state index contributed by atoms with van der Waals surface area (Å²) in [6.07, 6.45) is 5.74. The minimum absolute atomic E-state index is 0.0922. The van der Waals surface area contributed by atoms with E-state index in [0.29, 0.717) is 18.0 Å². The number of carbonyl (C=O) groups excluding carboxylic acids is 1. The molecule has 2 amide bonds. The molecule has 5 nitrogen and oxygen atoms in total. The summed E-state index contributed by atoms with van der Waals surface area (Å²) in [5.74, 6) is -0.0789. The van der Waals surface area contributed by atoms with Crippen molar-refractivity contribution in [3.05, 3.63) is 24.0 Å². The normalized spacial score (nSPS) is 24.0. The first-order valence-corrected chi connectivity index (χ1v) is 9.00. The van der Waals surface area contributed by atoms with Gasteiger partial charge in [0.25, 0.3) is 0 Å². The molecule has 2 aliphatic rings. The molecule has 25 heavy (non-hydrogen) atoms. The molecular weight excluding hydrogens is 323 g/mol. The SMILES string of the molecule is CCO[C@H]1C[C@@H](N(C)C(=O)Nc2ccc(F)cc2OC)C12CCCC2. The Morgan fingerprint density at radius 1 is 1.40 bits per heavy atom. The van der Waals surface area contributed by atoms with Crippen LogP contribution < -0.4 is 10.1 Å². The van der Waals surface area contributed by atoms with Crippen LogP contribution in [0.5, 0.6) is 5.75 Å². The topological polar surface area (TPSA) is 50.8 Å². The third kappa shape index (κ3) is 3.19. The molecule has 0 aromatic heterocycles. The van der Waals surface area contributed by atoms with Crippen LogP contribution >= 0.6 is 0 Å². The van der Waals surface area contributed by atoms with Crippen molar-refractivity contribution in [2.75, 3.05) is 26.1 Å². The van der Waals surface area contributed by atoms with Crippen LogP contribution in [0.15, 0.2) is 18.2 Å². The Morgan fingerprint density at radius 2 is 2.12 bits per heavy atom. The average Bonchev–Trinajstić information content (AvgIpc) is 3.12. The van der Waals surface area contributed by atoms with E-state index < -0.39 is 5.82 Å². The van der Waals surface area contributed by atoms with Crippen LogP contribution in [0.2, 0.25) is 0 Å². The molecule has 1 aromatic carbocycles. The minimum atomic E-state index is -0.397. The molecule has 0 bridgehead atoms. The monoisotopic (exact) mass is 350 g/mol. The number of halogens is 1. The first kappa shape index (κ1) is 18.0. The van der Waals surface area contributed by atoms with Gasteiger partial charge < -0.3 is 19.7 Å². The van der Waals surface area contributed by atoms with Crippen LogP contribution in [0, 0.1) is 11.2 Å². The van der Waals surface area contributed by atoms with Gasteiger partial charge in [-0.05, 0) is 38.3 Å². The second kappa shape index (κ2) is 7.20. The van der Waals surface area contributed by atoms with Crippen LogP contribution in [-0.4, -0.2) is 43.8 Å². The zero-order valence-electron chi connectivity index (χ0n) is 15.2. The molecule has 0 unspecified atom stereocenters. The number of urea groups is 1. The standard InChI is InChI=1S/C19H27FN2O3/c1-4-25-17-12-16(19(17)9-5-6-10-19)22(2)18(23)21-14-8-7-13(20)11-15(14)24-3/h7-8,11,16-17H,4-6,9-10,12H2,1-3H3,(H,21,23)/t16-,17+/m1/s1. The summed E-state index contributed by atoms with van der Waals surface area (Å²) in [5, 5.41) is 2.85. The highest BCUT2D eigenvalue weighted by Gasteiger charge is 2.58. The molecule has 2 atom stereocenters. The van der Waals surface area contributed by atoms with Crippen LogP contribution in [0.25, 0.3) is 0 Å². The molecule has 6 heteroatoms. The highest BCUT2D eigenvalue weighted by molar-refractivity contribution is 5.91. The van der Waals surface area contributed by atoms with Crippen molar-refractivity contribution in [1.29, 1.82) is 0 Å². The predicted molar refractivity (Wildman–Crippen MR) is 94.5 cm³/mol. The fraction of sp³-hybridized carbons (Fsp3) is 0.632. The number of amides is 2. The largest absolute Gasteiger partial charge is 0.494 e. The maximum atomic E-state index is 13.3. The summed E-state index contributed by atoms with van der Waals surface area (Å²) in [6, 6.07) is 4.08. The smallest absolute Gasteiger partial charge is 0.321 e. The number of hydrogen-bond donors (Lipinski definition) is 1. The van der Waals surface area contributed by atoms with Gasteiger partial charge >= 0.3 is 6.03 Å². The van der Waals surface area contributed by atoms with Crippen LogP contribution in [0.4, 0.5) is 14.9 Å². The summed E-state index contributed by atoms with van der Waals surface area (Å²) in [6.45, 7) is 2.73. The van der Waals surface area contributed by atoms with E-state index in [1.807, 2.05) is 14.0 Å². The molecule has 2 saturated carbocycles. The number of ether oxygens (including phenoxy) is 2. The molecule has 0 heterocycles. The molecule has 138 valence electrons. The third-order valence-corrected chi connectivity index (χ3v) is 5.84. The van der Waals surface area contributed by atoms with Crippen molar-refractivity contribution < 1.29 is 18.7 Å². The van der Waals surface area contributed by atoms with E-state index in [4.69, 9.17) is 9.47 Å². The van der Waals surface area contributed by atoms with Crippen molar-refractivity contribution in [2.45, 2.75) is 51.2 Å². The number of anilines is 1. The number of methoxy groups -OCH3 is 1. The molecule has 0 aliphatic heterocycles. The van der Waals surface area contributed by atoms with Gasteiger partial charge in [-0.25, -0.2) is 9.18 Å². The van der Waals surface area contributed by atoms with Crippen LogP contribution in [-0.2, 0) is 4.74 Å². The molecule has 0 radical (unpaired) electrons. The van der Waals surface area contributed by atoms with Gasteiger partial charge in [0.15, 0.2) is 0 Å². The minimum Gasteiger partial charge on any atom is -0.494 e. The Bertz CT molecular complexity index is 631. The zero-order chi connectivity index (χ0) is 18.0. The number of nitrogens with zero attached hydrogens (tertiary/aromatic N) is 1. The van der Waals surface area contributed by atoms with Gasteiger partial charge in [-0.1, -0.05) is 12.8 Å². The van der Waals surface area contributed by atoms with Crippen molar-refractivity contribution in [3.8, 4) is 5.75 Å². The predicted octanol–water partition coefficient (Wildman–Crippen LogP) is 4.04. The molecule has 2 aliphatic carbocycles. The van der Waals surface area contributed by atoms with E-state index in [1.165, 1.54) is 38.2 Å². The molecule has 0 saturated heterocycles. The number of nitrogens with one attached hydrogen (secondary N) is 1. The second-order valence-electron chi connectivity index (χ2n) is 7.02. The zero-order valence-corrected chi connectivity index (χ0v) is 15.2. The van der Waals surface area contributed by atoms with Crippen molar-refractivity contribution in [2.24, 2.45) is 5.41 Å². The van der Waals surface area contributed by atoms with E-state index in [0.717, 1.165) is 19.3 Å². The number of rotatable bonds is 5. The van der Waals surface area contributed by atoms with Gasteiger partial charge in [-0.15, -0.1) is 0 Å². The van der Waals surface area contributed by atoms with Gasteiger partial charge in [-0.2, -0.15) is 0 Å². The number of hydrogen-bond acceptors (Lipinski definition) is 3. The quantitative estimate of drug-likeness (QED) is 0.872. The molecule has 2 fully saturated rings. The first-order valence-electron chi connectivity index (χ1n) is 9.00. The lowest BCUT2D eigenvalue weighted by molar-refractivity contribution is -0.150. The number of carbonyl (C=O) groups is 1. The summed E-state index contributed by atoms with van der Waals surface area (Å²) in [7, 11) is 3.29. The molecular formula is C19H27FN2O3. The van der Waals surface area contributed by atoms with Gasteiger partial charge in [0.1, 0.15) is 11.6 Å². The Morgan fingerprint density at radius 3 is 2.76 bits per heavy atom. The summed E-state index contributed by atoms with van der Waals surface area (Å²) in [5.41, 5.74) is 0.566. The van der Waals surface area contributed by atoms with Crippen LogP contribution in [0.1, 0.15) is 39.0 Å². The Labute approximate surface area is 148 Å². The first-order chi connectivity index (χ1) is 12.0. The highest BCUT2D eigenvalue weighted by atomic mass is 19.1. The summed E-state index contributed by atoms with van der Waals surface area (Å²) in [4.78, 5) is 14.5. The Balaban J connectivity index is 1.71. The van der Waals surface area contributed by atoms with E-state index in [9.17, 15) is 9.18 Å². The fourth-order valence-electron chi connectivity index (χ4n) is 4.51. The molecule has 1 spiro atoms. The van der Waals surface area contributed by atoms with E-state index in [-0.39, 0.29) is 23.6 Å². The lowest BCUT2D eigenvalue weighted by Gasteiger charge is -2.56. The summed E-state index contributed by atoms with van der Waals surface area (Å²) >= 11 is 0. The molecule has 3 rings (SSSR count). The summed E-state index contributed by atoms with van der Waals surface area (Å²) < 4.78 is 24.4. The van der Waals surface area contributed by atoms with Crippen molar-refractivity contribution in [1.82, 2.24) is 4.90 Å². The van der Waals surface area contributed by atoms with E-state index >= 15 is 0 Å². The maximum absolute atomic E-state index is 13.3. The fourth-order valence-corrected chi connectivity index (χ4v) is 4.51. The van der Waals surface area contributed by atoms with E-state index in [1.54, 1.807) is 4.90 Å². The van der Waals surface area contributed by atoms with Gasteiger partial charge in [0.05, 0.1) is 18.9 Å². The maximum Gasteiger partial charge on any atom is 0.321 e. The van der Waals surface area contributed by atoms with E-state index in [2.05, 4.69) is 5.32 Å². The van der Waals surface area contributed by atoms with Gasteiger partial charge in [0, 0.05) is 31.2 Å². The van der Waals surface area contributed by atoms with Crippen LogP contribution in [0.3, 0.4) is 0 Å². The van der Waals surface area contributed by atoms with Gasteiger partial charge in [-0.3, -0.25) is 0 Å². The Hall–Kier alpha value is -1.82. The second-order valence-corrected chi connectivity index (χ2v) is 7.02. The number of benzene rings is 1. The van der Waals surface area contributed by atoms with Crippen molar-refractivity contribution in [3.63, 3.8) is 0 Å². The lowest BCUT2D eigenvalue weighted by Crippen LogP contribution is -2.64. The third-order valence-electron chi connectivity index (χ3n) is 5.84. The molecule has 1 N–H and O–H groups in total. The lowest BCUT2D eigenvalue weighted by atomic mass is 9.60. The van der Waals surface area contributed by atoms with Crippen molar-refractivity contribution >= 4 is 11.7 Å².